The number of halogens is 1. The van der Waals surface area contributed by atoms with Crippen LogP contribution in [0.3, 0.4) is 0 Å². The van der Waals surface area contributed by atoms with E-state index in [4.69, 9.17) is 11.6 Å². The minimum absolute atomic E-state index is 0.612. The largest absolute Gasteiger partial charge is 0.122 e. The smallest absolute Gasteiger partial charge is 0.0474 e. The van der Waals surface area contributed by atoms with Gasteiger partial charge in [0.15, 0.2) is 0 Å². The molecule has 42 valence electrons. The van der Waals surface area contributed by atoms with Crippen molar-refractivity contribution in [2.75, 3.05) is 0 Å². The van der Waals surface area contributed by atoms with Gasteiger partial charge in [-0.1, -0.05) is 30.3 Å². The van der Waals surface area contributed by atoms with Crippen molar-refractivity contribution >= 4 is 11.6 Å². The van der Waals surface area contributed by atoms with Crippen molar-refractivity contribution in [3.63, 3.8) is 0 Å². The molecule has 0 aliphatic rings. The fraction of sp³-hybridized carbons (Fsp3) is 0.143. The average molecular weight is 129 g/mol. The van der Waals surface area contributed by atoms with Crippen LogP contribution in [0.4, 0.5) is 0 Å². The Morgan fingerprint density at radius 2 is 1.75 bits per heavy atom. The van der Waals surface area contributed by atoms with Crippen LogP contribution < -0.4 is 0 Å². The van der Waals surface area contributed by atoms with Gasteiger partial charge in [0, 0.05) is 5.88 Å². The molecule has 0 aromatic heterocycles. The summed E-state index contributed by atoms with van der Waals surface area (Å²) in [6.07, 6.45) is 0. The van der Waals surface area contributed by atoms with Crippen LogP contribution in [-0.2, 0) is 5.88 Å². The van der Waals surface area contributed by atoms with Gasteiger partial charge >= 0.3 is 0 Å². The second-order valence-corrected chi connectivity index (χ2v) is 1.89. The zero-order valence-electron chi connectivity index (χ0n) is 4.47. The normalized spacial score (nSPS) is 9.12. The summed E-state index contributed by atoms with van der Waals surface area (Å²) in [6.45, 7) is 0. The maximum Gasteiger partial charge on any atom is 0.0474 e. The molecule has 0 unspecified atom stereocenters. The van der Waals surface area contributed by atoms with Gasteiger partial charge in [0.2, 0.25) is 0 Å². The fourth-order valence-corrected chi connectivity index (χ4v) is 0.745. The van der Waals surface area contributed by atoms with Gasteiger partial charge < -0.3 is 0 Å². The second-order valence-electron chi connectivity index (χ2n) is 1.62. The van der Waals surface area contributed by atoms with E-state index in [0.717, 1.165) is 0 Å². The molecule has 0 heterocycles. The fourth-order valence-electron chi connectivity index (χ4n) is 0.567. The van der Waals surface area contributed by atoms with Gasteiger partial charge in [0.1, 0.15) is 0 Å². The third-order valence-corrected chi connectivity index (χ3v) is 1.31. The molecule has 0 fully saturated rings. The van der Waals surface area contributed by atoms with Gasteiger partial charge in [-0.15, -0.1) is 11.6 Å². The van der Waals surface area contributed by atoms with E-state index in [1.165, 1.54) is 5.56 Å². The van der Waals surface area contributed by atoms with Gasteiger partial charge in [-0.2, -0.15) is 0 Å². The minimum Gasteiger partial charge on any atom is -0.122 e. The van der Waals surface area contributed by atoms with E-state index in [9.17, 15) is 0 Å². The van der Waals surface area contributed by atoms with Gasteiger partial charge in [-0.3, -0.25) is 0 Å². The van der Waals surface area contributed by atoms with Gasteiger partial charge in [0.05, 0.1) is 0 Å². The Hall–Kier alpha value is -0.490. The molecule has 1 aromatic carbocycles. The highest BCUT2D eigenvalue weighted by Gasteiger charge is 1.81. The maximum atomic E-state index is 5.53. The van der Waals surface area contributed by atoms with Crippen molar-refractivity contribution in [3.8, 4) is 0 Å². The molecule has 0 radical (unpaired) electrons. The molecule has 0 aliphatic heterocycles. The summed E-state index contributed by atoms with van der Waals surface area (Å²) in [5.74, 6) is 0.612. The highest BCUT2D eigenvalue weighted by atomic mass is 35.5. The molecule has 1 heteroatoms. The average Bonchev–Trinajstić information content (AvgIpc) is 1.90. The number of benzene rings is 1. The Labute approximate surface area is 54.1 Å². The summed E-state index contributed by atoms with van der Waals surface area (Å²) >= 11 is 5.53. The van der Waals surface area contributed by atoms with Crippen molar-refractivity contribution in [3.05, 3.63) is 35.9 Å². The Morgan fingerprint density at radius 1 is 1.12 bits per heavy atom. The van der Waals surface area contributed by atoms with Crippen LogP contribution in [0.5, 0.6) is 0 Å². The van der Waals surface area contributed by atoms with Crippen LogP contribution in [0.1, 0.15) is 5.56 Å². The molecule has 0 aliphatic carbocycles. The maximum absolute atomic E-state index is 5.53. The molecule has 0 bridgehead atoms. The van der Waals surface area contributed by atoms with E-state index in [0.29, 0.717) is 5.88 Å². The third kappa shape index (κ3) is 1.24. The monoisotopic (exact) mass is 128 g/mol. The van der Waals surface area contributed by atoms with Gasteiger partial charge in [-0.25, -0.2) is 0 Å². The second kappa shape index (κ2) is 2.73. The van der Waals surface area contributed by atoms with Crippen LogP contribution in [0, 0.1) is 0 Å². The van der Waals surface area contributed by atoms with E-state index < -0.39 is 0 Å². The zero-order valence-corrected chi connectivity index (χ0v) is 5.23. The standard InChI is InChI=1S/C7H7Cl/c8-6-7-4-2-1-3-5-7/h1-5H,6H2/i6+2. The van der Waals surface area contributed by atoms with E-state index in [-0.39, 0.29) is 0 Å². The van der Waals surface area contributed by atoms with E-state index >= 15 is 0 Å². The molecule has 0 spiro atoms. The summed E-state index contributed by atoms with van der Waals surface area (Å²) in [4.78, 5) is 0. The van der Waals surface area contributed by atoms with E-state index in [1.807, 2.05) is 30.3 Å². The van der Waals surface area contributed by atoms with Crippen molar-refractivity contribution in [1.82, 2.24) is 0 Å². The molecular weight excluding hydrogens is 122 g/mol. The first kappa shape index (κ1) is 5.64. The molecular formula is C7H7Cl. The molecule has 0 saturated carbocycles. The Balaban J connectivity index is 2.83. The van der Waals surface area contributed by atoms with Crippen molar-refractivity contribution in [1.29, 1.82) is 0 Å². The number of rotatable bonds is 1. The van der Waals surface area contributed by atoms with Crippen molar-refractivity contribution < 1.29 is 0 Å². The SMILES string of the molecule is Cl[14CH2]c1ccccc1. The molecule has 1 aromatic rings. The molecule has 0 N–H and O–H groups in total. The van der Waals surface area contributed by atoms with Crippen molar-refractivity contribution in [2.24, 2.45) is 0 Å². The van der Waals surface area contributed by atoms with Crippen LogP contribution in [0.15, 0.2) is 30.3 Å². The van der Waals surface area contributed by atoms with Crippen LogP contribution in [-0.4, -0.2) is 0 Å². The summed E-state index contributed by atoms with van der Waals surface area (Å²) in [7, 11) is 0. The predicted molar refractivity (Wildman–Crippen MR) is 36.0 cm³/mol. The Morgan fingerprint density at radius 3 is 2.12 bits per heavy atom. The predicted octanol–water partition coefficient (Wildman–Crippen LogP) is 2.43. The number of hydrogen-bond donors (Lipinski definition) is 0. The van der Waals surface area contributed by atoms with Gasteiger partial charge in [0.25, 0.3) is 0 Å². The zero-order chi connectivity index (χ0) is 5.82. The van der Waals surface area contributed by atoms with E-state index in [2.05, 4.69) is 0 Å². The first-order valence-corrected chi connectivity index (χ1v) is 3.07. The molecule has 0 nitrogen and oxygen atoms in total. The van der Waals surface area contributed by atoms with Crippen LogP contribution in [0.25, 0.3) is 0 Å². The molecule has 0 amide bonds. The topological polar surface area (TPSA) is 0 Å². The lowest BCUT2D eigenvalue weighted by atomic mass is 10.3. The van der Waals surface area contributed by atoms with Crippen LogP contribution in [0.2, 0.25) is 0 Å². The lowest BCUT2D eigenvalue weighted by molar-refractivity contribution is 1.41. The van der Waals surface area contributed by atoms with E-state index in [1.54, 1.807) is 0 Å². The summed E-state index contributed by atoms with van der Waals surface area (Å²) in [5, 5.41) is 0. The molecule has 0 saturated heterocycles. The quantitative estimate of drug-likeness (QED) is 0.510. The number of hydrogen-bond acceptors (Lipinski definition) is 0. The number of alkyl halides is 1. The first-order chi connectivity index (χ1) is 3.93. The Kier molecular flexibility index (Phi) is 1.93. The van der Waals surface area contributed by atoms with Crippen LogP contribution >= 0.6 is 11.6 Å². The highest BCUT2D eigenvalue weighted by Crippen LogP contribution is 2.00. The molecule has 8 heavy (non-hydrogen) atoms. The van der Waals surface area contributed by atoms with Crippen molar-refractivity contribution in [2.45, 2.75) is 5.88 Å². The summed E-state index contributed by atoms with van der Waals surface area (Å²) in [6, 6.07) is 9.96. The molecule has 1 rings (SSSR count). The minimum atomic E-state index is 0.612. The molecule has 0 atom stereocenters. The van der Waals surface area contributed by atoms with Gasteiger partial charge in [-0.05, 0) is 5.56 Å². The Bertz CT molecular complexity index is 146. The summed E-state index contributed by atoms with van der Waals surface area (Å²) < 4.78 is 0. The lowest BCUT2D eigenvalue weighted by Crippen LogP contribution is -1.71. The summed E-state index contributed by atoms with van der Waals surface area (Å²) in [5.41, 5.74) is 1.18. The lowest BCUT2D eigenvalue weighted by Gasteiger charge is -1.88. The third-order valence-electron chi connectivity index (χ3n) is 0.997. The highest BCUT2D eigenvalue weighted by molar-refractivity contribution is 6.17. The first-order valence-electron chi connectivity index (χ1n) is 2.53.